The number of anilines is 1. The van der Waals surface area contributed by atoms with Crippen LogP contribution in [0, 0.1) is 27.7 Å². The van der Waals surface area contributed by atoms with Gasteiger partial charge in [-0.15, -0.1) is 0 Å². The van der Waals surface area contributed by atoms with Crippen LogP contribution in [0.5, 0.6) is 0 Å². The van der Waals surface area contributed by atoms with Gasteiger partial charge < -0.3 is 9.47 Å². The van der Waals surface area contributed by atoms with E-state index in [1.807, 2.05) is 19.9 Å². The summed E-state index contributed by atoms with van der Waals surface area (Å²) in [5, 5.41) is 0. The lowest BCUT2D eigenvalue weighted by molar-refractivity contribution is 0.0512. The van der Waals surface area contributed by atoms with Gasteiger partial charge in [0.2, 0.25) is 0 Å². The van der Waals surface area contributed by atoms with Crippen molar-refractivity contribution in [3.8, 4) is 0 Å². The normalized spacial score (nSPS) is 11.1. The van der Waals surface area contributed by atoms with Crippen LogP contribution in [-0.4, -0.2) is 33.6 Å². The lowest BCUT2D eigenvalue weighted by Gasteiger charge is -2.18. The molecule has 8 heteroatoms. The first-order chi connectivity index (χ1) is 14.0. The molecule has 0 amide bonds. The van der Waals surface area contributed by atoms with E-state index in [1.54, 1.807) is 27.7 Å². The zero-order valence-corrected chi connectivity index (χ0v) is 18.9. The maximum Gasteiger partial charge on any atom is 0.340 e. The Balaban J connectivity index is 2.63. The number of esters is 2. The molecule has 0 unspecified atom stereocenters. The van der Waals surface area contributed by atoms with Crippen molar-refractivity contribution in [2.24, 2.45) is 0 Å². The minimum absolute atomic E-state index is 0.00755. The van der Waals surface area contributed by atoms with Crippen molar-refractivity contribution in [1.29, 1.82) is 0 Å². The quantitative estimate of drug-likeness (QED) is 0.661. The SMILES string of the molecule is CCOC(=O)c1ccc(C(=O)OCC)c(NS(=O)(=O)c2c(C)c(C)cc(C)c2C)c1. The summed E-state index contributed by atoms with van der Waals surface area (Å²) in [7, 11) is -4.06. The number of benzene rings is 2. The molecule has 0 bridgehead atoms. The summed E-state index contributed by atoms with van der Waals surface area (Å²) in [5.41, 5.74) is 2.99. The van der Waals surface area contributed by atoms with Crippen LogP contribution in [0.1, 0.15) is 56.8 Å². The van der Waals surface area contributed by atoms with Crippen LogP contribution in [0.2, 0.25) is 0 Å². The molecule has 0 saturated heterocycles. The zero-order chi connectivity index (χ0) is 22.6. The Morgan fingerprint density at radius 2 is 1.40 bits per heavy atom. The van der Waals surface area contributed by atoms with Gasteiger partial charge in [-0.3, -0.25) is 4.72 Å². The highest BCUT2D eigenvalue weighted by Gasteiger charge is 2.25. The summed E-state index contributed by atoms with van der Waals surface area (Å²) in [5.74, 6) is -1.31. The van der Waals surface area contributed by atoms with Crippen molar-refractivity contribution in [2.45, 2.75) is 46.4 Å². The molecule has 0 heterocycles. The molecule has 2 rings (SSSR count). The number of aryl methyl sites for hydroxylation is 2. The topological polar surface area (TPSA) is 98.8 Å². The van der Waals surface area contributed by atoms with Gasteiger partial charge in [-0.25, -0.2) is 18.0 Å². The molecule has 0 aromatic heterocycles. The fourth-order valence-electron chi connectivity index (χ4n) is 3.14. The summed E-state index contributed by atoms with van der Waals surface area (Å²) < 4.78 is 39.1. The van der Waals surface area contributed by atoms with Crippen LogP contribution in [0.3, 0.4) is 0 Å². The minimum Gasteiger partial charge on any atom is -0.462 e. The molecule has 0 radical (unpaired) electrons. The van der Waals surface area contributed by atoms with Gasteiger partial charge in [-0.1, -0.05) is 6.07 Å². The first kappa shape index (κ1) is 23.4. The van der Waals surface area contributed by atoms with Crippen molar-refractivity contribution in [3.63, 3.8) is 0 Å². The number of carbonyl (C=O) groups is 2. The van der Waals surface area contributed by atoms with E-state index in [9.17, 15) is 18.0 Å². The van der Waals surface area contributed by atoms with E-state index < -0.39 is 22.0 Å². The average molecular weight is 434 g/mol. The third-order valence-corrected chi connectivity index (χ3v) is 6.47. The Bertz CT molecular complexity index is 1060. The zero-order valence-electron chi connectivity index (χ0n) is 18.1. The van der Waals surface area contributed by atoms with Crippen molar-refractivity contribution in [2.75, 3.05) is 17.9 Å². The second kappa shape index (κ2) is 9.30. The van der Waals surface area contributed by atoms with E-state index >= 15 is 0 Å². The Morgan fingerprint density at radius 1 is 0.867 bits per heavy atom. The molecule has 0 spiro atoms. The Hall–Kier alpha value is -2.87. The van der Waals surface area contributed by atoms with E-state index in [1.165, 1.54) is 18.2 Å². The first-order valence-electron chi connectivity index (χ1n) is 9.62. The van der Waals surface area contributed by atoms with Crippen LogP contribution in [0.15, 0.2) is 29.2 Å². The summed E-state index contributed by atoms with van der Waals surface area (Å²) >= 11 is 0. The van der Waals surface area contributed by atoms with Gasteiger partial charge in [0.05, 0.1) is 34.9 Å². The number of ether oxygens (including phenoxy) is 2. The molecular weight excluding hydrogens is 406 g/mol. The predicted octanol–water partition coefficient (Wildman–Crippen LogP) is 4.07. The second-order valence-electron chi connectivity index (χ2n) is 6.90. The molecular formula is C22H27NO6S. The summed E-state index contributed by atoms with van der Waals surface area (Å²) in [6.07, 6.45) is 0. The lowest BCUT2D eigenvalue weighted by atomic mass is 10.0. The van der Waals surface area contributed by atoms with Crippen LogP contribution >= 0.6 is 0 Å². The molecule has 30 heavy (non-hydrogen) atoms. The van der Waals surface area contributed by atoms with Crippen molar-refractivity contribution < 1.29 is 27.5 Å². The fraction of sp³-hybridized carbons (Fsp3) is 0.364. The number of hydrogen-bond acceptors (Lipinski definition) is 6. The molecule has 7 nitrogen and oxygen atoms in total. The molecule has 1 N–H and O–H groups in total. The van der Waals surface area contributed by atoms with Gasteiger partial charge >= 0.3 is 11.9 Å². The predicted molar refractivity (Wildman–Crippen MR) is 115 cm³/mol. The van der Waals surface area contributed by atoms with E-state index in [4.69, 9.17) is 9.47 Å². The van der Waals surface area contributed by atoms with E-state index in [-0.39, 0.29) is 34.9 Å². The number of sulfonamides is 1. The molecule has 0 saturated carbocycles. The molecule has 0 fully saturated rings. The second-order valence-corrected chi connectivity index (χ2v) is 8.52. The third-order valence-electron chi connectivity index (χ3n) is 4.84. The van der Waals surface area contributed by atoms with Crippen LogP contribution in [0.25, 0.3) is 0 Å². The van der Waals surface area contributed by atoms with Crippen molar-refractivity contribution >= 4 is 27.6 Å². The van der Waals surface area contributed by atoms with Crippen LogP contribution in [0.4, 0.5) is 5.69 Å². The highest BCUT2D eigenvalue weighted by molar-refractivity contribution is 7.92. The molecule has 2 aromatic carbocycles. The summed E-state index contributed by atoms with van der Waals surface area (Å²) in [6.45, 7) is 10.8. The summed E-state index contributed by atoms with van der Waals surface area (Å²) in [6, 6.07) is 5.96. The van der Waals surface area contributed by atoms with Gasteiger partial charge in [0.1, 0.15) is 0 Å². The molecule has 162 valence electrons. The maximum atomic E-state index is 13.3. The van der Waals surface area contributed by atoms with E-state index in [2.05, 4.69) is 4.72 Å². The number of nitrogens with one attached hydrogen (secondary N) is 1. The first-order valence-corrected chi connectivity index (χ1v) is 11.1. The minimum atomic E-state index is -4.06. The lowest BCUT2D eigenvalue weighted by Crippen LogP contribution is -2.20. The summed E-state index contributed by atoms with van der Waals surface area (Å²) in [4.78, 5) is 24.6. The van der Waals surface area contributed by atoms with Crippen LogP contribution < -0.4 is 4.72 Å². The molecule has 0 atom stereocenters. The van der Waals surface area contributed by atoms with Gasteiger partial charge in [-0.05, 0) is 82.0 Å². The van der Waals surface area contributed by atoms with Crippen molar-refractivity contribution in [3.05, 3.63) is 57.6 Å². The Kier molecular flexibility index (Phi) is 7.25. The van der Waals surface area contributed by atoms with E-state index in [0.29, 0.717) is 11.1 Å². The van der Waals surface area contributed by atoms with Gasteiger partial charge in [0, 0.05) is 0 Å². The smallest absolute Gasteiger partial charge is 0.340 e. The largest absolute Gasteiger partial charge is 0.462 e. The van der Waals surface area contributed by atoms with Crippen molar-refractivity contribution in [1.82, 2.24) is 0 Å². The average Bonchev–Trinajstić information content (AvgIpc) is 2.66. The fourth-order valence-corrected chi connectivity index (χ4v) is 4.83. The Labute approximate surface area is 177 Å². The molecule has 0 aliphatic carbocycles. The molecule has 2 aromatic rings. The maximum absolute atomic E-state index is 13.3. The molecule has 0 aliphatic heterocycles. The number of rotatable bonds is 7. The Morgan fingerprint density at radius 3 is 1.93 bits per heavy atom. The standard InChI is InChI=1S/C22H27NO6S/c1-7-28-21(24)17-9-10-18(22(25)29-8-2)19(12-17)23-30(26,27)20-15(5)13(3)11-14(4)16(20)6/h9-12,23H,7-8H2,1-6H3. The van der Waals surface area contributed by atoms with Gasteiger partial charge in [-0.2, -0.15) is 0 Å². The number of carbonyl (C=O) groups excluding carboxylic acids is 2. The highest BCUT2D eigenvalue weighted by Crippen LogP contribution is 2.29. The van der Waals surface area contributed by atoms with E-state index in [0.717, 1.165) is 11.1 Å². The number of hydrogen-bond donors (Lipinski definition) is 1. The molecule has 0 aliphatic rings. The highest BCUT2D eigenvalue weighted by atomic mass is 32.2. The monoisotopic (exact) mass is 433 g/mol. The van der Waals surface area contributed by atoms with Gasteiger partial charge in [0.15, 0.2) is 0 Å². The van der Waals surface area contributed by atoms with Gasteiger partial charge in [0.25, 0.3) is 10.0 Å². The van der Waals surface area contributed by atoms with Crippen LogP contribution in [-0.2, 0) is 19.5 Å². The third kappa shape index (κ3) is 4.81.